The molecule has 0 unspecified atom stereocenters. The second-order valence-electron chi connectivity index (χ2n) is 9.11. The molecule has 1 amide bonds. The Morgan fingerprint density at radius 3 is 2.42 bits per heavy atom. The zero-order chi connectivity index (χ0) is 22.0. The number of amides is 1. The summed E-state index contributed by atoms with van der Waals surface area (Å²) >= 11 is 0. The first-order valence-electron chi connectivity index (χ1n) is 11.3. The van der Waals surface area contributed by atoms with E-state index in [9.17, 15) is 13.2 Å². The lowest BCUT2D eigenvalue weighted by molar-refractivity contribution is -0.132. The van der Waals surface area contributed by atoms with Crippen molar-refractivity contribution in [2.45, 2.75) is 42.9 Å². The van der Waals surface area contributed by atoms with Crippen molar-refractivity contribution in [1.82, 2.24) is 19.8 Å². The van der Waals surface area contributed by atoms with Crippen molar-refractivity contribution >= 4 is 21.7 Å². The fourth-order valence-corrected chi connectivity index (χ4v) is 5.57. The predicted octanol–water partition coefficient (Wildman–Crippen LogP) is 1.69. The van der Waals surface area contributed by atoms with Crippen molar-refractivity contribution in [2.24, 2.45) is 5.92 Å². The van der Waals surface area contributed by atoms with E-state index in [0.29, 0.717) is 37.1 Å². The number of anilines is 1. The van der Waals surface area contributed by atoms with Crippen LogP contribution in [-0.2, 0) is 14.6 Å². The van der Waals surface area contributed by atoms with Gasteiger partial charge in [-0.2, -0.15) is 0 Å². The molecular weight excluding hydrogens is 414 g/mol. The number of rotatable bonds is 5. The third-order valence-electron chi connectivity index (χ3n) is 6.74. The largest absolute Gasteiger partial charge is 0.343 e. The molecule has 3 heterocycles. The highest BCUT2D eigenvalue weighted by Crippen LogP contribution is 2.33. The van der Waals surface area contributed by atoms with Gasteiger partial charge in [0.2, 0.25) is 11.9 Å². The predicted molar refractivity (Wildman–Crippen MR) is 120 cm³/mol. The molecule has 31 heavy (non-hydrogen) atoms. The first kappa shape index (κ1) is 22.2. The van der Waals surface area contributed by atoms with Crippen molar-refractivity contribution < 1.29 is 13.2 Å². The van der Waals surface area contributed by atoms with Crippen LogP contribution >= 0.6 is 0 Å². The van der Waals surface area contributed by atoms with Gasteiger partial charge >= 0.3 is 0 Å². The van der Waals surface area contributed by atoms with Crippen molar-refractivity contribution in [1.29, 1.82) is 0 Å². The molecule has 2 aliphatic heterocycles. The molecule has 0 bridgehead atoms. The third kappa shape index (κ3) is 5.26. The van der Waals surface area contributed by atoms with Crippen LogP contribution in [0.4, 0.5) is 5.95 Å². The van der Waals surface area contributed by atoms with Crippen LogP contribution in [0.1, 0.15) is 43.7 Å². The van der Waals surface area contributed by atoms with Gasteiger partial charge in [-0.25, -0.2) is 18.4 Å². The molecule has 0 spiro atoms. The summed E-state index contributed by atoms with van der Waals surface area (Å²) in [5.41, 5.74) is 0.622. The van der Waals surface area contributed by atoms with Crippen molar-refractivity contribution in [3.8, 4) is 0 Å². The SMILES string of the molecule is CN1CCN(c2ncc(S(C)(=O)=O)c(C3CCN(C(=O)C[C@H]4C=CCC4)CC3)n2)CC1. The highest BCUT2D eigenvalue weighted by atomic mass is 32.2. The highest BCUT2D eigenvalue weighted by Gasteiger charge is 2.30. The van der Waals surface area contributed by atoms with Gasteiger partial charge in [0.1, 0.15) is 4.90 Å². The van der Waals surface area contributed by atoms with E-state index in [4.69, 9.17) is 4.98 Å². The van der Waals surface area contributed by atoms with E-state index in [1.165, 1.54) is 12.5 Å². The summed E-state index contributed by atoms with van der Waals surface area (Å²) in [4.78, 5) is 28.4. The molecule has 8 nitrogen and oxygen atoms in total. The van der Waals surface area contributed by atoms with Crippen LogP contribution in [0.5, 0.6) is 0 Å². The lowest BCUT2D eigenvalue weighted by Crippen LogP contribution is -2.45. The zero-order valence-corrected chi connectivity index (χ0v) is 19.4. The van der Waals surface area contributed by atoms with E-state index in [-0.39, 0.29) is 16.7 Å². The Morgan fingerprint density at radius 2 is 1.81 bits per heavy atom. The maximum absolute atomic E-state index is 12.7. The summed E-state index contributed by atoms with van der Waals surface area (Å²) in [7, 11) is -1.33. The Balaban J connectivity index is 1.48. The number of likely N-dealkylation sites (tertiary alicyclic amines) is 1. The number of allylic oxidation sites excluding steroid dienone is 2. The monoisotopic (exact) mass is 447 g/mol. The molecule has 3 aliphatic rings. The van der Waals surface area contributed by atoms with E-state index in [0.717, 1.165) is 51.9 Å². The van der Waals surface area contributed by atoms with Crippen molar-refractivity contribution in [3.63, 3.8) is 0 Å². The number of sulfone groups is 1. The summed E-state index contributed by atoms with van der Waals surface area (Å²) in [6, 6.07) is 0. The summed E-state index contributed by atoms with van der Waals surface area (Å²) in [6.45, 7) is 4.83. The summed E-state index contributed by atoms with van der Waals surface area (Å²) in [5.74, 6) is 1.21. The quantitative estimate of drug-likeness (QED) is 0.635. The van der Waals surface area contributed by atoms with E-state index < -0.39 is 9.84 Å². The molecule has 1 atom stereocenters. The van der Waals surface area contributed by atoms with Gasteiger partial charge in [0.05, 0.1) is 11.9 Å². The fourth-order valence-electron chi connectivity index (χ4n) is 4.73. The minimum absolute atomic E-state index is 0.0226. The average molecular weight is 448 g/mol. The topological polar surface area (TPSA) is 86.7 Å². The second kappa shape index (κ2) is 9.24. The molecule has 1 aromatic rings. The Bertz CT molecular complexity index is 932. The molecule has 2 saturated heterocycles. The number of hydrogen-bond acceptors (Lipinski definition) is 7. The van der Waals surface area contributed by atoms with Crippen LogP contribution in [0.15, 0.2) is 23.2 Å². The number of nitrogens with zero attached hydrogens (tertiary/aromatic N) is 5. The maximum atomic E-state index is 12.7. The number of piperazine rings is 1. The zero-order valence-electron chi connectivity index (χ0n) is 18.5. The Kier molecular flexibility index (Phi) is 6.62. The van der Waals surface area contributed by atoms with Gasteiger partial charge in [-0.3, -0.25) is 4.79 Å². The summed E-state index contributed by atoms with van der Waals surface area (Å²) in [6.07, 6.45) is 11.2. The van der Waals surface area contributed by atoms with E-state index in [1.807, 2.05) is 4.90 Å². The smallest absolute Gasteiger partial charge is 0.225 e. The number of carbonyl (C=O) groups is 1. The minimum atomic E-state index is -3.42. The van der Waals surface area contributed by atoms with Gasteiger partial charge in [0.25, 0.3) is 0 Å². The molecule has 0 radical (unpaired) electrons. The van der Waals surface area contributed by atoms with Gasteiger partial charge in [-0.15, -0.1) is 0 Å². The standard InChI is InChI=1S/C22H33N5O3S/c1-25-11-13-27(14-12-25)22-23-16-19(31(2,29)30)21(24-22)18-7-9-26(10-8-18)20(28)15-17-5-3-4-6-17/h3,5,16-18H,4,6-15H2,1-2H3/t17-/m0/s1. The van der Waals surface area contributed by atoms with Crippen molar-refractivity contribution in [3.05, 3.63) is 24.0 Å². The van der Waals surface area contributed by atoms with E-state index in [2.05, 4.69) is 34.0 Å². The van der Waals surface area contributed by atoms with E-state index >= 15 is 0 Å². The van der Waals surface area contributed by atoms with Crippen LogP contribution in [0, 0.1) is 5.92 Å². The van der Waals surface area contributed by atoms with Crippen LogP contribution < -0.4 is 4.90 Å². The van der Waals surface area contributed by atoms with Gasteiger partial charge < -0.3 is 14.7 Å². The molecule has 0 saturated carbocycles. The Morgan fingerprint density at radius 1 is 1.10 bits per heavy atom. The molecule has 0 N–H and O–H groups in total. The molecule has 170 valence electrons. The average Bonchev–Trinajstić information content (AvgIpc) is 3.26. The fraction of sp³-hybridized carbons (Fsp3) is 0.682. The number of aromatic nitrogens is 2. The van der Waals surface area contributed by atoms with Crippen LogP contribution in [0.25, 0.3) is 0 Å². The first-order valence-corrected chi connectivity index (χ1v) is 13.2. The summed E-state index contributed by atoms with van der Waals surface area (Å²) in [5, 5.41) is 0. The van der Waals surface area contributed by atoms with Gasteiger partial charge in [0, 0.05) is 57.9 Å². The molecular formula is C22H33N5O3S. The molecule has 4 rings (SSSR count). The van der Waals surface area contributed by atoms with Crippen LogP contribution in [0.2, 0.25) is 0 Å². The lowest BCUT2D eigenvalue weighted by Gasteiger charge is -2.34. The molecule has 9 heteroatoms. The number of piperidine rings is 1. The molecule has 1 aromatic heterocycles. The second-order valence-corrected chi connectivity index (χ2v) is 11.1. The van der Waals surface area contributed by atoms with Crippen LogP contribution in [-0.4, -0.2) is 86.7 Å². The molecule has 2 fully saturated rings. The number of likely N-dealkylation sites (N-methyl/N-ethyl adjacent to an activating group) is 1. The van der Waals surface area contributed by atoms with Gasteiger partial charge in [-0.05, 0) is 38.6 Å². The molecule has 1 aliphatic carbocycles. The van der Waals surface area contributed by atoms with E-state index in [1.54, 1.807) is 0 Å². The van der Waals surface area contributed by atoms with Gasteiger partial charge in [-0.1, -0.05) is 12.2 Å². The number of carbonyl (C=O) groups excluding carboxylic acids is 1. The van der Waals surface area contributed by atoms with Crippen molar-refractivity contribution in [2.75, 3.05) is 57.5 Å². The third-order valence-corrected chi connectivity index (χ3v) is 7.85. The summed E-state index contributed by atoms with van der Waals surface area (Å²) < 4.78 is 24.8. The lowest BCUT2D eigenvalue weighted by atomic mass is 9.92. The molecule has 0 aromatic carbocycles. The normalized spacial score (nSPS) is 23.5. The highest BCUT2D eigenvalue weighted by molar-refractivity contribution is 7.90. The minimum Gasteiger partial charge on any atom is -0.343 e. The Hall–Kier alpha value is -2.00. The van der Waals surface area contributed by atoms with Crippen LogP contribution in [0.3, 0.4) is 0 Å². The number of hydrogen-bond donors (Lipinski definition) is 0. The van der Waals surface area contributed by atoms with Gasteiger partial charge in [0.15, 0.2) is 9.84 Å². The first-order chi connectivity index (χ1) is 14.8. The maximum Gasteiger partial charge on any atom is 0.225 e. The Labute approximate surface area is 185 Å².